The van der Waals surface area contributed by atoms with Gasteiger partial charge in [-0.3, -0.25) is 14.4 Å². The molecule has 0 radical (unpaired) electrons. The maximum absolute atomic E-state index is 12.9. The molecule has 0 aliphatic heterocycles. The Kier molecular flexibility index (Phi) is 6.50. The van der Waals surface area contributed by atoms with Crippen LogP contribution in [0.1, 0.15) is 80.3 Å². The van der Waals surface area contributed by atoms with Gasteiger partial charge in [0.05, 0.1) is 13.5 Å². The van der Waals surface area contributed by atoms with Crippen LogP contribution in [0.3, 0.4) is 0 Å². The van der Waals surface area contributed by atoms with Crippen molar-refractivity contribution in [3.63, 3.8) is 0 Å². The van der Waals surface area contributed by atoms with Crippen LogP contribution in [0, 0.1) is 12.3 Å². The molecule has 0 unspecified atom stereocenters. The van der Waals surface area contributed by atoms with Gasteiger partial charge in [-0.2, -0.15) is 0 Å². The van der Waals surface area contributed by atoms with Gasteiger partial charge >= 0.3 is 5.97 Å². The molecule has 1 aromatic rings. The van der Waals surface area contributed by atoms with E-state index in [0.717, 1.165) is 28.9 Å². The predicted octanol–water partition coefficient (Wildman–Crippen LogP) is 3.14. The van der Waals surface area contributed by atoms with Crippen molar-refractivity contribution in [2.24, 2.45) is 5.41 Å². The van der Waals surface area contributed by atoms with Gasteiger partial charge in [-0.15, -0.1) is 0 Å². The van der Waals surface area contributed by atoms with Crippen molar-refractivity contribution in [3.05, 3.63) is 22.5 Å². The van der Waals surface area contributed by atoms with Gasteiger partial charge in [0, 0.05) is 42.4 Å². The third kappa shape index (κ3) is 4.79. The average Bonchev–Trinajstić information content (AvgIpc) is 2.82. The first-order chi connectivity index (χ1) is 12.6. The minimum atomic E-state index is -0.281. The highest BCUT2D eigenvalue weighted by molar-refractivity contribution is 6.01. The van der Waals surface area contributed by atoms with Crippen LogP contribution < -0.4 is 5.32 Å². The number of fused-ring (bicyclic) bond motifs is 1. The smallest absolute Gasteiger partial charge is 0.305 e. The lowest BCUT2D eigenvalue weighted by Gasteiger charge is -2.31. The third-order valence-corrected chi connectivity index (χ3v) is 5.20. The molecule has 1 N–H and O–H groups in total. The molecule has 6 nitrogen and oxygen atoms in total. The number of Topliss-reactive ketones (excluding diaryl/α,β-unsaturated/α-hetero) is 1. The topological polar surface area (TPSA) is 77.4 Å². The summed E-state index contributed by atoms with van der Waals surface area (Å²) in [5, 5.41) is 2.85. The maximum atomic E-state index is 12.9. The van der Waals surface area contributed by atoms with Crippen molar-refractivity contribution >= 4 is 17.7 Å². The Morgan fingerprint density at radius 3 is 2.52 bits per heavy atom. The summed E-state index contributed by atoms with van der Waals surface area (Å²) < 4.78 is 6.81. The van der Waals surface area contributed by atoms with E-state index in [1.54, 1.807) is 0 Å². The largest absolute Gasteiger partial charge is 0.469 e. The molecule has 150 valence electrons. The molecule has 1 amide bonds. The standard InChI is InChI=1S/C21H32N2O4/c1-13(2)23-14(3)15(10-18(25)22-9-7-8-19(26)27-6)20-16(23)11-21(4,5)12-17(20)24/h13H,7-12H2,1-6H3,(H,22,25). The molecular formula is C21H32N2O4. The summed E-state index contributed by atoms with van der Waals surface area (Å²) in [4.78, 5) is 36.4. The number of aromatic nitrogens is 1. The first kappa shape index (κ1) is 21.2. The SMILES string of the molecule is COC(=O)CCCNC(=O)Cc1c2c(n(C(C)C)c1C)CC(C)(C)CC2=O. The first-order valence-corrected chi connectivity index (χ1v) is 9.66. The lowest BCUT2D eigenvalue weighted by atomic mass is 9.75. The van der Waals surface area contributed by atoms with Crippen molar-refractivity contribution < 1.29 is 19.1 Å². The van der Waals surface area contributed by atoms with E-state index in [9.17, 15) is 14.4 Å². The molecule has 0 spiro atoms. The number of amides is 1. The molecule has 0 atom stereocenters. The number of nitrogens with one attached hydrogen (secondary N) is 1. The van der Waals surface area contributed by atoms with Gasteiger partial charge in [-0.1, -0.05) is 13.8 Å². The summed E-state index contributed by atoms with van der Waals surface area (Å²) in [5.74, 6) is -0.266. The number of nitrogens with zero attached hydrogens (tertiary/aromatic N) is 1. The van der Waals surface area contributed by atoms with E-state index >= 15 is 0 Å². The number of rotatable bonds is 7. The number of esters is 1. The fourth-order valence-corrected chi connectivity index (χ4v) is 4.07. The number of ether oxygens (including phenoxy) is 1. The highest BCUT2D eigenvalue weighted by atomic mass is 16.5. The Hall–Kier alpha value is -2.11. The van der Waals surface area contributed by atoms with E-state index in [1.807, 2.05) is 6.92 Å². The summed E-state index contributed by atoms with van der Waals surface area (Å²) >= 11 is 0. The molecule has 0 aromatic carbocycles. The quantitative estimate of drug-likeness (QED) is 0.586. The zero-order valence-electron chi connectivity index (χ0n) is 17.4. The van der Waals surface area contributed by atoms with Crippen molar-refractivity contribution in [1.82, 2.24) is 9.88 Å². The number of carbonyl (C=O) groups is 3. The van der Waals surface area contributed by atoms with Crippen molar-refractivity contribution in [1.29, 1.82) is 0 Å². The molecule has 0 bridgehead atoms. The number of carbonyl (C=O) groups excluding carboxylic acids is 3. The first-order valence-electron chi connectivity index (χ1n) is 9.66. The number of ketones is 1. The van der Waals surface area contributed by atoms with E-state index in [0.29, 0.717) is 19.4 Å². The summed E-state index contributed by atoms with van der Waals surface area (Å²) in [6.45, 7) is 10.9. The van der Waals surface area contributed by atoms with Crippen LogP contribution in [0.5, 0.6) is 0 Å². The van der Waals surface area contributed by atoms with E-state index < -0.39 is 0 Å². The minimum absolute atomic E-state index is 0.0606. The summed E-state index contributed by atoms with van der Waals surface area (Å²) in [7, 11) is 1.35. The molecule has 27 heavy (non-hydrogen) atoms. The predicted molar refractivity (Wildman–Crippen MR) is 104 cm³/mol. The maximum Gasteiger partial charge on any atom is 0.305 e. The molecule has 1 aliphatic rings. The second kappa shape index (κ2) is 8.28. The summed E-state index contributed by atoms with van der Waals surface area (Å²) in [6, 6.07) is 0.234. The number of methoxy groups -OCH3 is 1. The Labute approximate surface area is 161 Å². The van der Waals surface area contributed by atoms with Crippen molar-refractivity contribution in [2.45, 2.75) is 72.8 Å². The normalized spacial score (nSPS) is 15.6. The van der Waals surface area contributed by atoms with Crippen LogP contribution in [0.2, 0.25) is 0 Å². The van der Waals surface area contributed by atoms with Crippen LogP contribution in [-0.4, -0.2) is 35.9 Å². The lowest BCUT2D eigenvalue weighted by Crippen LogP contribution is -2.30. The second-order valence-corrected chi connectivity index (χ2v) is 8.50. The van der Waals surface area contributed by atoms with Crippen LogP contribution in [0.4, 0.5) is 0 Å². The molecule has 1 heterocycles. The molecule has 1 aliphatic carbocycles. The summed E-state index contributed by atoms with van der Waals surface area (Å²) in [5.41, 5.74) is 3.62. The minimum Gasteiger partial charge on any atom is -0.469 e. The zero-order valence-corrected chi connectivity index (χ0v) is 17.4. The van der Waals surface area contributed by atoms with Crippen LogP contribution >= 0.6 is 0 Å². The van der Waals surface area contributed by atoms with Gasteiger partial charge in [0.15, 0.2) is 5.78 Å². The van der Waals surface area contributed by atoms with E-state index in [-0.39, 0.29) is 42.0 Å². The molecule has 1 aromatic heterocycles. The van der Waals surface area contributed by atoms with E-state index in [1.165, 1.54) is 7.11 Å². The lowest BCUT2D eigenvalue weighted by molar-refractivity contribution is -0.140. The Morgan fingerprint density at radius 1 is 1.26 bits per heavy atom. The van der Waals surface area contributed by atoms with Gasteiger partial charge in [0.2, 0.25) is 5.91 Å². The van der Waals surface area contributed by atoms with E-state index in [4.69, 9.17) is 0 Å². The zero-order chi connectivity index (χ0) is 20.4. The van der Waals surface area contributed by atoms with Gasteiger partial charge in [0.25, 0.3) is 0 Å². The molecule has 0 fully saturated rings. The van der Waals surface area contributed by atoms with Crippen LogP contribution in [0.15, 0.2) is 0 Å². The third-order valence-electron chi connectivity index (χ3n) is 5.20. The highest BCUT2D eigenvalue weighted by Gasteiger charge is 2.37. The van der Waals surface area contributed by atoms with E-state index in [2.05, 4.69) is 42.3 Å². The molecule has 0 saturated carbocycles. The molecular weight excluding hydrogens is 344 g/mol. The van der Waals surface area contributed by atoms with Crippen molar-refractivity contribution in [2.75, 3.05) is 13.7 Å². The molecule has 6 heteroatoms. The second-order valence-electron chi connectivity index (χ2n) is 8.50. The fourth-order valence-electron chi connectivity index (χ4n) is 4.07. The van der Waals surface area contributed by atoms with Crippen LogP contribution in [-0.2, 0) is 27.2 Å². The number of hydrogen-bond acceptors (Lipinski definition) is 4. The molecule has 0 saturated heterocycles. The highest BCUT2D eigenvalue weighted by Crippen LogP contribution is 2.40. The Balaban J connectivity index is 2.19. The van der Waals surface area contributed by atoms with Gasteiger partial charge < -0.3 is 14.6 Å². The summed E-state index contributed by atoms with van der Waals surface area (Å²) in [6.07, 6.45) is 2.36. The van der Waals surface area contributed by atoms with Crippen LogP contribution in [0.25, 0.3) is 0 Å². The Bertz CT molecular complexity index is 744. The monoisotopic (exact) mass is 376 g/mol. The molecule has 2 rings (SSSR count). The average molecular weight is 376 g/mol. The van der Waals surface area contributed by atoms with Gasteiger partial charge in [-0.25, -0.2) is 0 Å². The van der Waals surface area contributed by atoms with Gasteiger partial charge in [-0.05, 0) is 44.6 Å². The van der Waals surface area contributed by atoms with Crippen molar-refractivity contribution in [3.8, 4) is 0 Å². The Morgan fingerprint density at radius 2 is 1.93 bits per heavy atom. The fraction of sp³-hybridized carbons (Fsp3) is 0.667. The number of hydrogen-bond donors (Lipinski definition) is 1. The van der Waals surface area contributed by atoms with Gasteiger partial charge in [0.1, 0.15) is 0 Å².